The first-order valence-corrected chi connectivity index (χ1v) is 19.0. The molecule has 4 atom stereocenters. The van der Waals surface area contributed by atoms with Crippen molar-refractivity contribution in [1.29, 1.82) is 0 Å². The molecule has 1 fully saturated rings. The van der Waals surface area contributed by atoms with Crippen molar-refractivity contribution in [2.45, 2.75) is 81.8 Å². The van der Waals surface area contributed by atoms with E-state index in [1.807, 2.05) is 20.8 Å². The summed E-state index contributed by atoms with van der Waals surface area (Å²) in [6.45, 7) is 4.67. The molecular formula is C30H34ClF3O9SSi. The van der Waals surface area contributed by atoms with Crippen molar-refractivity contribution >= 4 is 53.1 Å². The number of alkyl halides is 3. The molecule has 0 aliphatic heterocycles. The van der Waals surface area contributed by atoms with Crippen molar-refractivity contribution in [3.63, 3.8) is 0 Å². The van der Waals surface area contributed by atoms with Crippen molar-refractivity contribution in [2.24, 2.45) is 5.92 Å². The predicted molar refractivity (Wildman–Crippen MR) is 160 cm³/mol. The Labute approximate surface area is 265 Å². The summed E-state index contributed by atoms with van der Waals surface area (Å²) in [6, 6.07) is 11.5. The van der Waals surface area contributed by atoms with Crippen LogP contribution < -0.4 is 0 Å². The number of Topliss-reactive ketones (excluding diaryl/α,β-unsaturated/α-hetero) is 3. The molecule has 4 unspecified atom stereocenters. The van der Waals surface area contributed by atoms with Gasteiger partial charge in [0.15, 0.2) is 41.6 Å². The smallest absolute Gasteiger partial charge is 0.338 e. The number of carbonyl (C=O) groups is 4. The first-order valence-electron chi connectivity index (χ1n) is 14.2. The summed E-state index contributed by atoms with van der Waals surface area (Å²) < 4.78 is 80.2. The Hall–Kier alpha value is -2.91. The van der Waals surface area contributed by atoms with Gasteiger partial charge in [0, 0.05) is 23.8 Å². The van der Waals surface area contributed by atoms with Crippen molar-refractivity contribution in [1.82, 2.24) is 0 Å². The summed E-state index contributed by atoms with van der Waals surface area (Å²) in [5.41, 5.74) is -0.903. The predicted octanol–water partition coefficient (Wildman–Crippen LogP) is 5.78. The van der Waals surface area contributed by atoms with Gasteiger partial charge < -0.3 is 13.9 Å². The summed E-state index contributed by atoms with van der Waals surface area (Å²) in [6.07, 6.45) is -9.02. The van der Waals surface area contributed by atoms with Crippen LogP contribution in [-0.4, -0.2) is 71.3 Å². The molecule has 2 aromatic carbocycles. The fourth-order valence-corrected chi connectivity index (χ4v) is 9.26. The van der Waals surface area contributed by atoms with Gasteiger partial charge in [0.1, 0.15) is 12.0 Å². The van der Waals surface area contributed by atoms with Crippen molar-refractivity contribution in [3.8, 4) is 0 Å². The number of sulfone groups is 1. The van der Waals surface area contributed by atoms with Crippen LogP contribution in [0.2, 0.25) is 23.2 Å². The Balaban J connectivity index is 2.09. The summed E-state index contributed by atoms with van der Waals surface area (Å²) in [7, 11) is -6.61. The number of ether oxygens (including phenoxy) is 2. The second-order valence-electron chi connectivity index (χ2n) is 10.6. The minimum absolute atomic E-state index is 0.126. The van der Waals surface area contributed by atoms with E-state index in [1.54, 1.807) is 18.2 Å². The van der Waals surface area contributed by atoms with E-state index in [4.69, 9.17) is 20.8 Å². The van der Waals surface area contributed by atoms with Crippen LogP contribution in [0.5, 0.6) is 0 Å². The van der Waals surface area contributed by atoms with E-state index in [-0.39, 0.29) is 12.0 Å². The summed E-state index contributed by atoms with van der Waals surface area (Å²) >= 11 is 6.40. The Kier molecular flexibility index (Phi) is 12.3. The number of halogens is 4. The van der Waals surface area contributed by atoms with Gasteiger partial charge in [-0.2, -0.15) is 0 Å². The molecule has 0 N–H and O–H groups in total. The van der Waals surface area contributed by atoms with Crippen molar-refractivity contribution < 1.29 is 54.7 Å². The molecule has 0 radical (unpaired) electrons. The Morgan fingerprint density at radius 1 is 0.956 bits per heavy atom. The highest BCUT2D eigenvalue weighted by atomic mass is 35.5. The zero-order valence-corrected chi connectivity index (χ0v) is 27.6. The molecule has 0 heterocycles. The molecule has 1 saturated carbocycles. The number of carbonyl (C=O) groups excluding carboxylic acids is 4. The van der Waals surface area contributed by atoms with Gasteiger partial charge in [-0.1, -0.05) is 50.6 Å². The zero-order chi connectivity index (χ0) is 33.7. The highest BCUT2D eigenvalue weighted by Crippen LogP contribution is 2.35. The van der Waals surface area contributed by atoms with Crippen LogP contribution in [0.3, 0.4) is 0 Å². The number of esters is 1. The SMILES string of the molecule is CC[Si](CC)(CC)OC1CC(OC(=O)c2ccccc2)C(=O)C(C(=O)c2ccc(S(C)(=O)=O)c(COC(F)C(F)F)c2Cl)C1=O. The second-order valence-corrected chi connectivity index (χ2v) is 17.7. The molecule has 0 aromatic heterocycles. The minimum Gasteiger partial charge on any atom is -0.451 e. The molecule has 0 amide bonds. The molecular weight excluding hydrogens is 657 g/mol. The fraction of sp³-hybridized carbons (Fsp3) is 0.467. The Bertz CT molecular complexity index is 1530. The Morgan fingerprint density at radius 3 is 2.07 bits per heavy atom. The third-order valence-corrected chi connectivity index (χ3v) is 14.2. The van der Waals surface area contributed by atoms with Gasteiger partial charge >= 0.3 is 5.97 Å². The van der Waals surface area contributed by atoms with Gasteiger partial charge in [-0.05, 0) is 42.4 Å². The van der Waals surface area contributed by atoms with Gasteiger partial charge in [0.2, 0.25) is 0 Å². The van der Waals surface area contributed by atoms with Crippen LogP contribution in [0.25, 0.3) is 0 Å². The lowest BCUT2D eigenvalue weighted by atomic mass is 9.78. The lowest BCUT2D eigenvalue weighted by Gasteiger charge is -2.38. The van der Waals surface area contributed by atoms with E-state index in [2.05, 4.69) is 4.74 Å². The minimum atomic E-state index is -4.09. The van der Waals surface area contributed by atoms with Crippen LogP contribution in [0, 0.1) is 5.92 Å². The highest BCUT2D eigenvalue weighted by Gasteiger charge is 2.51. The molecule has 1 aliphatic rings. The molecule has 0 saturated heterocycles. The molecule has 2 aromatic rings. The lowest BCUT2D eigenvalue weighted by Crippen LogP contribution is -2.55. The van der Waals surface area contributed by atoms with E-state index in [9.17, 15) is 40.8 Å². The number of hydrogen-bond acceptors (Lipinski definition) is 9. The Morgan fingerprint density at radius 2 is 1.53 bits per heavy atom. The third-order valence-electron chi connectivity index (χ3n) is 7.93. The van der Waals surface area contributed by atoms with Gasteiger partial charge in [-0.25, -0.2) is 26.4 Å². The van der Waals surface area contributed by atoms with Crippen LogP contribution in [0.1, 0.15) is 53.5 Å². The summed E-state index contributed by atoms with van der Waals surface area (Å²) in [4.78, 5) is 53.8. The van der Waals surface area contributed by atoms with Gasteiger partial charge in [0.05, 0.1) is 22.1 Å². The lowest BCUT2D eigenvalue weighted by molar-refractivity contribution is -0.147. The molecule has 3 rings (SSSR count). The first kappa shape index (κ1) is 36.6. The van der Waals surface area contributed by atoms with E-state index in [1.165, 1.54) is 12.1 Å². The fourth-order valence-electron chi connectivity index (χ4n) is 5.15. The van der Waals surface area contributed by atoms with E-state index >= 15 is 0 Å². The van der Waals surface area contributed by atoms with E-state index in [0.717, 1.165) is 18.4 Å². The largest absolute Gasteiger partial charge is 0.451 e. The van der Waals surface area contributed by atoms with Gasteiger partial charge in [-0.3, -0.25) is 14.4 Å². The molecule has 1 aliphatic carbocycles. The molecule has 0 spiro atoms. The zero-order valence-electron chi connectivity index (χ0n) is 25.1. The standard InChI is InChI=1S/C30H34ClF3O9SSi/c1-5-45(6-2,7-3)43-21-15-20(42-30(38)17-11-9-8-10-12-17)26(36)23(27(21)37)25(35)18-13-14-22(44(4,39)40)19(24(18)31)16-41-29(34)28(32)33/h8-14,20-21,23,28-29H,5-7,15-16H2,1-4H3. The normalized spacial score (nSPS) is 19.9. The molecule has 45 heavy (non-hydrogen) atoms. The maximum atomic E-state index is 13.9. The van der Waals surface area contributed by atoms with Crippen LogP contribution in [0.15, 0.2) is 47.4 Å². The average Bonchev–Trinajstić information content (AvgIpc) is 3.00. The number of hydrogen-bond donors (Lipinski definition) is 0. The van der Waals surface area contributed by atoms with Crippen LogP contribution in [-0.2, 0) is 39.9 Å². The third kappa shape index (κ3) is 8.28. The number of ketones is 3. The maximum Gasteiger partial charge on any atom is 0.338 e. The topological polar surface area (TPSA) is 130 Å². The average molecular weight is 691 g/mol. The second kappa shape index (κ2) is 15.1. The maximum absolute atomic E-state index is 13.9. The van der Waals surface area contributed by atoms with Crippen LogP contribution >= 0.6 is 11.6 Å². The van der Waals surface area contributed by atoms with Gasteiger partial charge in [0.25, 0.3) is 12.8 Å². The van der Waals surface area contributed by atoms with Crippen LogP contribution in [0.4, 0.5) is 13.2 Å². The number of rotatable bonds is 14. The summed E-state index contributed by atoms with van der Waals surface area (Å²) in [5.74, 6) is -6.00. The number of benzene rings is 2. The van der Waals surface area contributed by atoms with Crippen molar-refractivity contribution in [3.05, 3.63) is 64.2 Å². The quantitative estimate of drug-likeness (QED) is 0.105. The molecule has 15 heteroatoms. The summed E-state index contributed by atoms with van der Waals surface area (Å²) in [5, 5.41) is -0.634. The van der Waals surface area contributed by atoms with Gasteiger partial charge in [-0.15, -0.1) is 0 Å². The monoisotopic (exact) mass is 690 g/mol. The van der Waals surface area contributed by atoms with Crippen molar-refractivity contribution in [2.75, 3.05) is 6.26 Å². The van der Waals surface area contributed by atoms with E-state index < -0.39 is 100 Å². The molecule has 0 bridgehead atoms. The van der Waals surface area contributed by atoms with E-state index in [0.29, 0.717) is 18.1 Å². The highest BCUT2D eigenvalue weighted by molar-refractivity contribution is 7.90. The first-order chi connectivity index (χ1) is 21.1. The molecule has 9 nitrogen and oxygen atoms in total. The molecule has 246 valence electrons.